The molecule has 2 rings (SSSR count). The second kappa shape index (κ2) is 7.29. The van der Waals surface area contributed by atoms with E-state index in [4.69, 9.17) is 4.74 Å². The van der Waals surface area contributed by atoms with E-state index in [-0.39, 0.29) is 24.6 Å². The van der Waals surface area contributed by atoms with Crippen LogP contribution in [0.1, 0.15) is 43.5 Å². The summed E-state index contributed by atoms with van der Waals surface area (Å²) in [7, 11) is 1.34. The second-order valence-electron chi connectivity index (χ2n) is 5.73. The second-order valence-corrected chi connectivity index (χ2v) is 5.73. The molecule has 0 radical (unpaired) electrons. The maximum atomic E-state index is 12.3. The summed E-state index contributed by atoms with van der Waals surface area (Å²) in [6.45, 7) is 4.18. The average molecular weight is 305 g/mol. The minimum Gasteiger partial charge on any atom is -0.484 e. The van der Waals surface area contributed by atoms with Crippen LogP contribution in [-0.4, -0.2) is 42.6 Å². The zero-order chi connectivity index (χ0) is 16.1. The predicted molar refractivity (Wildman–Crippen MR) is 82.9 cm³/mol. The highest BCUT2D eigenvalue weighted by Gasteiger charge is 2.28. The lowest BCUT2D eigenvalue weighted by atomic mass is 9.97. The molecule has 2 atom stereocenters. The summed E-state index contributed by atoms with van der Waals surface area (Å²) in [5.41, 5.74) is 0.458. The van der Waals surface area contributed by atoms with E-state index in [2.05, 4.69) is 18.6 Å². The van der Waals surface area contributed by atoms with Crippen molar-refractivity contribution in [2.45, 2.75) is 45.2 Å². The molecule has 1 heterocycles. The van der Waals surface area contributed by atoms with E-state index in [9.17, 15) is 9.59 Å². The van der Waals surface area contributed by atoms with Crippen molar-refractivity contribution < 1.29 is 19.1 Å². The molecule has 0 saturated carbocycles. The highest BCUT2D eigenvalue weighted by atomic mass is 16.5. The van der Waals surface area contributed by atoms with E-state index in [1.54, 1.807) is 24.3 Å². The molecular formula is C17H23NO4. The number of hydrogen-bond donors (Lipinski definition) is 0. The molecular weight excluding hydrogens is 282 g/mol. The molecule has 1 aliphatic heterocycles. The average Bonchev–Trinajstić information content (AvgIpc) is 2.52. The summed E-state index contributed by atoms with van der Waals surface area (Å²) in [6, 6.07) is 7.11. The van der Waals surface area contributed by atoms with Crippen molar-refractivity contribution in [3.63, 3.8) is 0 Å². The highest BCUT2D eigenvalue weighted by Crippen LogP contribution is 2.23. The van der Waals surface area contributed by atoms with Gasteiger partial charge in [0.05, 0.1) is 12.7 Å². The summed E-state index contributed by atoms with van der Waals surface area (Å²) in [5.74, 6) is 0.189. The Labute approximate surface area is 131 Å². The minimum absolute atomic E-state index is 0.0109. The van der Waals surface area contributed by atoms with Gasteiger partial charge in [0.1, 0.15) is 5.75 Å². The Morgan fingerprint density at radius 2 is 1.73 bits per heavy atom. The molecule has 0 N–H and O–H groups in total. The number of methoxy groups -OCH3 is 1. The normalized spacial score (nSPS) is 21.3. The maximum absolute atomic E-state index is 12.3. The molecule has 22 heavy (non-hydrogen) atoms. The first kappa shape index (κ1) is 16.3. The number of ether oxygens (including phenoxy) is 2. The van der Waals surface area contributed by atoms with Gasteiger partial charge in [0.2, 0.25) is 0 Å². The van der Waals surface area contributed by atoms with Gasteiger partial charge in [-0.3, -0.25) is 4.79 Å². The Bertz CT molecular complexity index is 516. The number of piperidine rings is 1. The number of benzene rings is 1. The van der Waals surface area contributed by atoms with Crippen LogP contribution in [0.25, 0.3) is 0 Å². The van der Waals surface area contributed by atoms with Crippen LogP contribution in [0.5, 0.6) is 5.75 Å². The number of nitrogens with zero attached hydrogens (tertiary/aromatic N) is 1. The van der Waals surface area contributed by atoms with E-state index in [1.807, 2.05) is 4.90 Å². The van der Waals surface area contributed by atoms with Crippen LogP contribution < -0.4 is 4.74 Å². The Kier molecular flexibility index (Phi) is 5.41. The van der Waals surface area contributed by atoms with Gasteiger partial charge in [0.25, 0.3) is 5.91 Å². The Balaban J connectivity index is 1.92. The van der Waals surface area contributed by atoms with E-state index in [0.29, 0.717) is 11.3 Å². The first-order valence-corrected chi connectivity index (χ1v) is 7.65. The van der Waals surface area contributed by atoms with Gasteiger partial charge in [-0.05, 0) is 57.4 Å². The van der Waals surface area contributed by atoms with E-state index >= 15 is 0 Å². The highest BCUT2D eigenvalue weighted by molar-refractivity contribution is 5.89. The summed E-state index contributed by atoms with van der Waals surface area (Å²) >= 11 is 0. The topological polar surface area (TPSA) is 55.8 Å². The molecule has 1 fully saturated rings. The third-order valence-corrected chi connectivity index (χ3v) is 4.12. The summed E-state index contributed by atoms with van der Waals surface area (Å²) in [6.07, 6.45) is 3.26. The van der Waals surface area contributed by atoms with E-state index in [1.165, 1.54) is 13.5 Å². The summed E-state index contributed by atoms with van der Waals surface area (Å²) in [4.78, 5) is 25.6. The molecule has 5 heteroatoms. The molecule has 1 aromatic carbocycles. The van der Waals surface area contributed by atoms with Crippen molar-refractivity contribution >= 4 is 11.9 Å². The third-order valence-electron chi connectivity index (χ3n) is 4.12. The molecule has 2 unspecified atom stereocenters. The fourth-order valence-corrected chi connectivity index (χ4v) is 2.94. The monoisotopic (exact) mass is 305 g/mol. The van der Waals surface area contributed by atoms with Gasteiger partial charge in [-0.25, -0.2) is 4.79 Å². The zero-order valence-corrected chi connectivity index (χ0v) is 13.4. The van der Waals surface area contributed by atoms with Crippen LogP contribution in [0.2, 0.25) is 0 Å². The van der Waals surface area contributed by atoms with Gasteiger partial charge in [-0.15, -0.1) is 0 Å². The van der Waals surface area contributed by atoms with Gasteiger partial charge in [0.15, 0.2) is 6.61 Å². The van der Waals surface area contributed by atoms with Crippen molar-refractivity contribution in [3.05, 3.63) is 29.8 Å². The largest absolute Gasteiger partial charge is 0.484 e. The van der Waals surface area contributed by atoms with Gasteiger partial charge in [0, 0.05) is 12.1 Å². The Hall–Kier alpha value is -2.04. The van der Waals surface area contributed by atoms with Crippen molar-refractivity contribution in [3.8, 4) is 5.75 Å². The van der Waals surface area contributed by atoms with Gasteiger partial charge < -0.3 is 14.4 Å². The maximum Gasteiger partial charge on any atom is 0.337 e. The lowest BCUT2D eigenvalue weighted by Gasteiger charge is -2.38. The number of amides is 1. The lowest BCUT2D eigenvalue weighted by Crippen LogP contribution is -2.49. The van der Waals surface area contributed by atoms with Crippen LogP contribution >= 0.6 is 0 Å². The standard InChI is InChI=1S/C17H23NO4/c1-12-5-4-6-13(2)18(12)16(19)11-22-15-9-7-14(8-10-15)17(20)21-3/h7-10,12-13H,4-6,11H2,1-3H3. The van der Waals surface area contributed by atoms with Gasteiger partial charge in [-0.1, -0.05) is 0 Å². The third kappa shape index (κ3) is 3.78. The predicted octanol–water partition coefficient (Wildman–Crippen LogP) is 2.64. The molecule has 1 saturated heterocycles. The fraction of sp³-hybridized carbons (Fsp3) is 0.529. The molecule has 5 nitrogen and oxygen atoms in total. The van der Waals surface area contributed by atoms with Gasteiger partial charge in [-0.2, -0.15) is 0 Å². The van der Waals surface area contributed by atoms with Crippen LogP contribution in [0.15, 0.2) is 24.3 Å². The van der Waals surface area contributed by atoms with E-state index < -0.39 is 5.97 Å². The number of hydrogen-bond acceptors (Lipinski definition) is 4. The molecule has 1 amide bonds. The van der Waals surface area contributed by atoms with Crippen LogP contribution in [0.4, 0.5) is 0 Å². The van der Waals surface area contributed by atoms with Crippen LogP contribution in [0.3, 0.4) is 0 Å². The molecule has 0 bridgehead atoms. The quantitative estimate of drug-likeness (QED) is 0.803. The lowest BCUT2D eigenvalue weighted by molar-refractivity contribution is -0.139. The smallest absolute Gasteiger partial charge is 0.337 e. The van der Waals surface area contributed by atoms with Gasteiger partial charge >= 0.3 is 5.97 Å². The number of carbonyl (C=O) groups excluding carboxylic acids is 2. The first-order valence-electron chi connectivity index (χ1n) is 7.65. The molecule has 0 aliphatic carbocycles. The number of esters is 1. The van der Waals surface area contributed by atoms with Crippen LogP contribution in [0, 0.1) is 0 Å². The number of rotatable bonds is 4. The molecule has 0 spiro atoms. The molecule has 1 aliphatic rings. The SMILES string of the molecule is COC(=O)c1ccc(OCC(=O)N2C(C)CCCC2C)cc1. The summed E-state index contributed by atoms with van der Waals surface area (Å²) < 4.78 is 10.2. The molecule has 120 valence electrons. The molecule has 0 aromatic heterocycles. The number of carbonyl (C=O) groups is 2. The van der Waals surface area contributed by atoms with E-state index in [0.717, 1.165) is 12.8 Å². The minimum atomic E-state index is -0.390. The van der Waals surface area contributed by atoms with Crippen molar-refractivity contribution in [1.29, 1.82) is 0 Å². The Morgan fingerprint density at radius 1 is 1.14 bits per heavy atom. The zero-order valence-electron chi connectivity index (χ0n) is 13.4. The van der Waals surface area contributed by atoms with Crippen LogP contribution in [-0.2, 0) is 9.53 Å². The molecule has 1 aromatic rings. The fourth-order valence-electron chi connectivity index (χ4n) is 2.94. The first-order chi connectivity index (χ1) is 10.5. The van der Waals surface area contributed by atoms with Crippen molar-refractivity contribution in [2.75, 3.05) is 13.7 Å². The summed E-state index contributed by atoms with van der Waals surface area (Å²) in [5, 5.41) is 0. The number of likely N-dealkylation sites (tertiary alicyclic amines) is 1. The van der Waals surface area contributed by atoms with Crippen molar-refractivity contribution in [2.24, 2.45) is 0 Å². The Morgan fingerprint density at radius 3 is 2.27 bits per heavy atom. The van der Waals surface area contributed by atoms with Crippen molar-refractivity contribution in [1.82, 2.24) is 4.90 Å².